The maximum absolute atomic E-state index is 3.96. The molecule has 2 rings (SSSR count). The van der Waals surface area contributed by atoms with Crippen molar-refractivity contribution < 1.29 is 0 Å². The summed E-state index contributed by atoms with van der Waals surface area (Å²) in [6, 6.07) is 9.81. The summed E-state index contributed by atoms with van der Waals surface area (Å²) in [4.78, 5) is 0. The summed E-state index contributed by atoms with van der Waals surface area (Å²) in [5.74, 6) is 0.667. The van der Waals surface area contributed by atoms with Crippen molar-refractivity contribution in [3.63, 3.8) is 0 Å². The summed E-state index contributed by atoms with van der Waals surface area (Å²) in [7, 11) is 0. The van der Waals surface area contributed by atoms with Gasteiger partial charge in [-0.25, -0.2) is 0 Å². The van der Waals surface area contributed by atoms with Crippen LogP contribution in [0.15, 0.2) is 42.5 Å². The second-order valence-corrected chi connectivity index (χ2v) is 3.53. The van der Waals surface area contributed by atoms with Crippen LogP contribution < -0.4 is 5.32 Å². The van der Waals surface area contributed by atoms with Crippen LogP contribution in [-0.2, 0) is 0 Å². The molecule has 1 aromatic heterocycles. The molecule has 0 aliphatic heterocycles. The Bertz CT molecular complexity index is 475. The smallest absolute Gasteiger partial charge is 0.247 e. The number of nitrogens with one attached hydrogen (secondary N) is 1. The maximum Gasteiger partial charge on any atom is 0.247 e. The molecule has 0 saturated heterocycles. The Morgan fingerprint density at radius 1 is 1.29 bits per heavy atom. The summed E-state index contributed by atoms with van der Waals surface area (Å²) in [6.07, 6.45) is 5.09. The Morgan fingerprint density at radius 3 is 2.88 bits per heavy atom. The standard InChI is InChI=1S/C12H15N5/c1-2-3-7-10-13-12-14-15-16-17(12)11-8-5-4-6-9-11/h2-6,8-9H,7,10H2,1H3,(H,13,14,16)/b3-2+. The second kappa shape index (κ2) is 5.79. The zero-order valence-electron chi connectivity index (χ0n) is 9.74. The molecule has 0 aliphatic carbocycles. The maximum atomic E-state index is 3.96. The van der Waals surface area contributed by atoms with Crippen molar-refractivity contribution in [2.45, 2.75) is 13.3 Å². The van der Waals surface area contributed by atoms with Crippen molar-refractivity contribution >= 4 is 5.95 Å². The van der Waals surface area contributed by atoms with Crippen LogP contribution in [0.2, 0.25) is 0 Å². The monoisotopic (exact) mass is 229 g/mol. The van der Waals surface area contributed by atoms with Crippen molar-refractivity contribution in [2.75, 3.05) is 11.9 Å². The fourth-order valence-corrected chi connectivity index (χ4v) is 1.47. The Morgan fingerprint density at radius 2 is 2.12 bits per heavy atom. The van der Waals surface area contributed by atoms with Crippen LogP contribution in [0.4, 0.5) is 5.95 Å². The molecule has 0 unspecified atom stereocenters. The minimum Gasteiger partial charge on any atom is -0.352 e. The molecule has 17 heavy (non-hydrogen) atoms. The lowest BCUT2D eigenvalue weighted by Gasteiger charge is -2.05. The van der Waals surface area contributed by atoms with E-state index >= 15 is 0 Å². The molecule has 0 radical (unpaired) electrons. The number of aromatic nitrogens is 4. The minimum atomic E-state index is 0.667. The molecule has 0 bridgehead atoms. The van der Waals surface area contributed by atoms with Crippen LogP contribution in [0, 0.1) is 0 Å². The highest BCUT2D eigenvalue weighted by atomic mass is 15.6. The van der Waals surface area contributed by atoms with Crippen LogP contribution in [-0.4, -0.2) is 26.8 Å². The Labute approximate surface area is 100 Å². The zero-order chi connectivity index (χ0) is 11.9. The van der Waals surface area contributed by atoms with Crippen LogP contribution in [0.5, 0.6) is 0 Å². The number of para-hydroxylation sites is 1. The Kier molecular flexibility index (Phi) is 3.85. The molecule has 5 nitrogen and oxygen atoms in total. The van der Waals surface area contributed by atoms with E-state index in [0.29, 0.717) is 5.95 Å². The van der Waals surface area contributed by atoms with Crippen LogP contribution in [0.3, 0.4) is 0 Å². The average molecular weight is 229 g/mol. The molecule has 1 N–H and O–H groups in total. The number of rotatable bonds is 5. The minimum absolute atomic E-state index is 0.667. The van der Waals surface area contributed by atoms with Gasteiger partial charge in [-0.1, -0.05) is 35.4 Å². The van der Waals surface area contributed by atoms with Gasteiger partial charge in [0.15, 0.2) is 0 Å². The van der Waals surface area contributed by atoms with E-state index in [4.69, 9.17) is 0 Å². The summed E-state index contributed by atoms with van der Waals surface area (Å²) in [6.45, 7) is 2.82. The van der Waals surface area contributed by atoms with Crippen molar-refractivity contribution in [3.8, 4) is 5.69 Å². The first-order valence-corrected chi connectivity index (χ1v) is 5.60. The van der Waals surface area contributed by atoms with Gasteiger partial charge < -0.3 is 5.32 Å². The van der Waals surface area contributed by atoms with E-state index in [9.17, 15) is 0 Å². The molecule has 0 amide bonds. The van der Waals surface area contributed by atoms with E-state index in [1.54, 1.807) is 4.68 Å². The van der Waals surface area contributed by atoms with Crippen LogP contribution in [0.1, 0.15) is 13.3 Å². The molecule has 88 valence electrons. The number of anilines is 1. The molecule has 0 spiro atoms. The van der Waals surface area contributed by atoms with E-state index in [-0.39, 0.29) is 0 Å². The van der Waals surface area contributed by atoms with Gasteiger partial charge in [0.1, 0.15) is 0 Å². The second-order valence-electron chi connectivity index (χ2n) is 3.53. The third-order valence-corrected chi connectivity index (χ3v) is 2.30. The third-order valence-electron chi connectivity index (χ3n) is 2.30. The van der Waals surface area contributed by atoms with Gasteiger partial charge in [-0.15, -0.1) is 0 Å². The third kappa shape index (κ3) is 2.90. The number of hydrogen-bond donors (Lipinski definition) is 1. The molecule has 2 aromatic rings. The average Bonchev–Trinajstić information content (AvgIpc) is 2.84. The van der Waals surface area contributed by atoms with Gasteiger partial charge in [-0.2, -0.15) is 4.68 Å². The molecular weight excluding hydrogens is 214 g/mol. The number of tetrazole rings is 1. The molecule has 0 saturated carbocycles. The van der Waals surface area contributed by atoms with Gasteiger partial charge in [0.05, 0.1) is 5.69 Å². The Hall–Kier alpha value is -2.17. The lowest BCUT2D eigenvalue weighted by Crippen LogP contribution is -2.08. The first-order chi connectivity index (χ1) is 8.42. The number of allylic oxidation sites excluding steroid dienone is 1. The number of benzene rings is 1. The summed E-state index contributed by atoms with van der Waals surface area (Å²) < 4.78 is 1.69. The highest BCUT2D eigenvalue weighted by molar-refractivity contribution is 5.38. The largest absolute Gasteiger partial charge is 0.352 e. The van der Waals surface area contributed by atoms with E-state index < -0.39 is 0 Å². The highest BCUT2D eigenvalue weighted by Gasteiger charge is 2.05. The van der Waals surface area contributed by atoms with Crippen molar-refractivity contribution in [1.29, 1.82) is 0 Å². The summed E-state index contributed by atoms with van der Waals surface area (Å²) in [5, 5.41) is 14.8. The lowest BCUT2D eigenvalue weighted by atomic mass is 10.3. The van der Waals surface area contributed by atoms with Gasteiger partial charge in [0.2, 0.25) is 5.95 Å². The first kappa shape index (κ1) is 11.3. The van der Waals surface area contributed by atoms with Gasteiger partial charge in [0.25, 0.3) is 0 Å². The predicted octanol–water partition coefficient (Wildman–Crippen LogP) is 2.04. The normalized spacial score (nSPS) is 10.9. The fourth-order valence-electron chi connectivity index (χ4n) is 1.47. The Balaban J connectivity index is 2.07. The molecule has 1 heterocycles. The van der Waals surface area contributed by atoms with Gasteiger partial charge in [0, 0.05) is 6.54 Å². The molecule has 1 aromatic carbocycles. The molecular formula is C12H15N5. The SMILES string of the molecule is C/C=C/CCNc1nnnn1-c1ccccc1. The zero-order valence-corrected chi connectivity index (χ0v) is 9.74. The van der Waals surface area contributed by atoms with E-state index in [0.717, 1.165) is 18.7 Å². The van der Waals surface area contributed by atoms with Gasteiger partial charge >= 0.3 is 0 Å². The van der Waals surface area contributed by atoms with Crippen molar-refractivity contribution in [2.24, 2.45) is 0 Å². The molecule has 5 heteroatoms. The van der Waals surface area contributed by atoms with E-state index in [1.165, 1.54) is 0 Å². The highest BCUT2D eigenvalue weighted by Crippen LogP contribution is 2.10. The number of hydrogen-bond acceptors (Lipinski definition) is 4. The van der Waals surface area contributed by atoms with E-state index in [2.05, 4.69) is 26.9 Å². The molecule has 0 aliphatic rings. The molecule has 0 fully saturated rings. The summed E-state index contributed by atoms with van der Waals surface area (Å²) in [5.41, 5.74) is 0.950. The van der Waals surface area contributed by atoms with Crippen LogP contribution in [0.25, 0.3) is 5.69 Å². The molecule has 0 atom stereocenters. The van der Waals surface area contributed by atoms with Gasteiger partial charge in [-0.3, -0.25) is 0 Å². The van der Waals surface area contributed by atoms with Crippen molar-refractivity contribution in [3.05, 3.63) is 42.5 Å². The number of nitrogens with zero attached hydrogens (tertiary/aromatic N) is 4. The fraction of sp³-hybridized carbons (Fsp3) is 0.250. The van der Waals surface area contributed by atoms with Gasteiger partial charge in [-0.05, 0) is 35.9 Å². The topological polar surface area (TPSA) is 55.6 Å². The van der Waals surface area contributed by atoms with Crippen LogP contribution >= 0.6 is 0 Å². The lowest BCUT2D eigenvalue weighted by molar-refractivity contribution is 0.789. The van der Waals surface area contributed by atoms with Crippen molar-refractivity contribution in [1.82, 2.24) is 20.2 Å². The summed E-state index contributed by atoms with van der Waals surface area (Å²) >= 11 is 0. The van der Waals surface area contributed by atoms with E-state index in [1.807, 2.05) is 43.3 Å². The quantitative estimate of drug-likeness (QED) is 0.629. The predicted molar refractivity (Wildman–Crippen MR) is 67.1 cm³/mol. The first-order valence-electron chi connectivity index (χ1n) is 5.60.